The number of hydrogen-bond donors (Lipinski definition) is 5. The summed E-state index contributed by atoms with van der Waals surface area (Å²) in [5.74, 6) is 0.135. The third-order valence-corrected chi connectivity index (χ3v) is 7.95. The lowest BCUT2D eigenvalue weighted by Gasteiger charge is -2.29. The maximum Gasteiger partial charge on any atom is 0.472 e. The summed E-state index contributed by atoms with van der Waals surface area (Å²) in [6.45, 7) is 0.0849. The van der Waals surface area contributed by atoms with Crippen LogP contribution in [0.5, 0.6) is 0 Å². The largest absolute Gasteiger partial charge is 0.472 e. The number of aliphatic hydroxyl groups is 1. The highest BCUT2D eigenvalue weighted by Gasteiger charge is 2.73. The van der Waals surface area contributed by atoms with Crippen molar-refractivity contribution in [3.63, 3.8) is 0 Å². The number of phosphoric ester groups is 1. The molecule has 34 heavy (non-hydrogen) atoms. The summed E-state index contributed by atoms with van der Waals surface area (Å²) in [6.07, 6.45) is 2.88. The molecule has 0 bridgehead atoms. The van der Waals surface area contributed by atoms with Crippen molar-refractivity contribution >= 4 is 31.1 Å². The number of aromatic nitrogens is 4. The fourth-order valence-electron chi connectivity index (χ4n) is 5.42. The fourth-order valence-corrected chi connectivity index (χ4v) is 6.46. The van der Waals surface area contributed by atoms with Gasteiger partial charge in [-0.05, 0) is 25.2 Å². The number of rotatable bonds is 10. The van der Waals surface area contributed by atoms with Gasteiger partial charge in [-0.25, -0.2) is 19.5 Å². The minimum atomic E-state index is -4.53. The van der Waals surface area contributed by atoms with Gasteiger partial charge < -0.3 is 35.1 Å². The Hall–Kier alpha value is -2.19. The van der Waals surface area contributed by atoms with Gasteiger partial charge in [-0.3, -0.25) is 14.5 Å². The molecule has 0 amide bonds. The van der Waals surface area contributed by atoms with Crippen LogP contribution in [-0.4, -0.2) is 80.7 Å². The van der Waals surface area contributed by atoms with Crippen LogP contribution in [-0.2, 0) is 23.1 Å². The van der Waals surface area contributed by atoms with Gasteiger partial charge in [0.15, 0.2) is 11.5 Å². The average Bonchev–Trinajstić information content (AvgIpc) is 3.08. The minimum Gasteiger partial charge on any atom is -0.388 e. The first-order valence-electron chi connectivity index (χ1n) is 11.0. The number of imidazole rings is 1. The van der Waals surface area contributed by atoms with Crippen LogP contribution < -0.4 is 11.1 Å². The Morgan fingerprint density at radius 1 is 1.44 bits per heavy atom. The molecule has 8 atom stereocenters. The van der Waals surface area contributed by atoms with Crippen molar-refractivity contribution in [2.24, 2.45) is 11.3 Å². The molecule has 2 aromatic rings. The van der Waals surface area contributed by atoms with E-state index < -0.39 is 37.6 Å². The van der Waals surface area contributed by atoms with E-state index in [-0.39, 0.29) is 31.2 Å². The molecular weight excluding hydrogens is 469 g/mol. The van der Waals surface area contributed by atoms with E-state index in [1.807, 2.05) is 0 Å². The number of ether oxygens (including phenoxy) is 2. The number of fused-ring (bicyclic) bond motifs is 2. The van der Waals surface area contributed by atoms with Crippen molar-refractivity contribution in [2.45, 2.75) is 49.8 Å². The van der Waals surface area contributed by atoms with E-state index >= 15 is 0 Å². The Bertz CT molecular complexity index is 1120. The van der Waals surface area contributed by atoms with Gasteiger partial charge in [0.25, 0.3) is 0 Å². The number of nitrogen functional groups attached to an aromatic ring is 1. The molecule has 6 N–H and O–H groups in total. The number of nitrogens with one attached hydrogen (secondary N) is 2. The molecule has 0 spiro atoms. The lowest BCUT2D eigenvalue weighted by Crippen LogP contribution is -2.38. The monoisotopic (exact) mass is 497 g/mol. The first-order valence-corrected chi connectivity index (χ1v) is 12.5. The lowest BCUT2D eigenvalue weighted by molar-refractivity contribution is -0.0460. The first-order chi connectivity index (χ1) is 16.3. The van der Waals surface area contributed by atoms with Crippen molar-refractivity contribution in [1.29, 1.82) is 5.41 Å². The fraction of sp³-hybridized carbons (Fsp3) is 0.684. The molecule has 0 radical (unpaired) electrons. The summed E-state index contributed by atoms with van der Waals surface area (Å²) in [6, 6.07) is -0.509. The number of nitrogens with two attached hydrogens (primary N) is 1. The summed E-state index contributed by atoms with van der Waals surface area (Å²) < 4.78 is 36.4. The molecule has 8 unspecified atom stereocenters. The van der Waals surface area contributed by atoms with Crippen LogP contribution in [0.25, 0.3) is 11.2 Å². The minimum absolute atomic E-state index is 0.0906. The van der Waals surface area contributed by atoms with Gasteiger partial charge in [0.05, 0.1) is 38.0 Å². The van der Waals surface area contributed by atoms with Crippen molar-refractivity contribution in [3.05, 3.63) is 12.7 Å². The number of nitrogens with zero attached hydrogens (tertiary/aromatic N) is 4. The summed E-state index contributed by atoms with van der Waals surface area (Å²) in [5.41, 5.74) is 6.12. The normalized spacial score (nSPS) is 36.3. The van der Waals surface area contributed by atoms with E-state index in [4.69, 9.17) is 29.7 Å². The zero-order valence-corrected chi connectivity index (χ0v) is 19.4. The molecule has 3 fully saturated rings. The second-order valence-electron chi connectivity index (χ2n) is 8.97. The number of hydrogen-bond acceptors (Lipinski definition) is 11. The Morgan fingerprint density at radius 2 is 2.26 bits per heavy atom. The van der Waals surface area contributed by atoms with Crippen LogP contribution in [0.1, 0.15) is 25.3 Å². The van der Waals surface area contributed by atoms with E-state index in [2.05, 4.69) is 20.3 Å². The third-order valence-electron chi connectivity index (χ3n) is 6.99. The number of anilines is 1. The maximum atomic E-state index is 12.8. The van der Waals surface area contributed by atoms with E-state index in [1.165, 1.54) is 19.8 Å². The van der Waals surface area contributed by atoms with Crippen LogP contribution in [0, 0.1) is 16.7 Å². The van der Waals surface area contributed by atoms with Crippen LogP contribution >= 0.6 is 7.82 Å². The highest BCUT2D eigenvalue weighted by Crippen LogP contribution is 2.70. The third kappa shape index (κ3) is 3.98. The van der Waals surface area contributed by atoms with Gasteiger partial charge in [0.2, 0.25) is 0 Å². The predicted octanol–water partition coefficient (Wildman–Crippen LogP) is 0.181. The Morgan fingerprint density at radius 3 is 3.03 bits per heavy atom. The van der Waals surface area contributed by atoms with Gasteiger partial charge in [-0.1, -0.05) is 0 Å². The highest BCUT2D eigenvalue weighted by atomic mass is 31.2. The summed E-state index contributed by atoms with van der Waals surface area (Å²) >= 11 is 0. The standard InChI is InChI=1S/C19H28N7O7P/c1-30-6-19-4-11(19)14(26-9-25-13-17(21)23-8-24-18(13)26)15(27)16(19)33-34(28,29)31-5-10-2-3-12(32-10)22-7-20/h7-12,14-16,27H,2-6H2,1H3,(H2,20,22)(H,28,29)(H2,21,23,24). The molecule has 5 rings (SSSR count). The average molecular weight is 497 g/mol. The molecule has 2 aliphatic carbocycles. The summed E-state index contributed by atoms with van der Waals surface area (Å²) in [5, 5.41) is 21.0. The first kappa shape index (κ1) is 23.5. The van der Waals surface area contributed by atoms with Crippen LogP contribution in [0.3, 0.4) is 0 Å². The van der Waals surface area contributed by atoms with E-state index in [0.29, 0.717) is 30.4 Å². The van der Waals surface area contributed by atoms with Gasteiger partial charge in [0, 0.05) is 12.5 Å². The van der Waals surface area contributed by atoms with Crippen molar-refractivity contribution in [1.82, 2.24) is 24.8 Å². The van der Waals surface area contributed by atoms with Crippen LogP contribution in [0.2, 0.25) is 0 Å². The number of aliphatic hydroxyl groups excluding tert-OH is 1. The molecule has 2 saturated carbocycles. The number of phosphoric acid groups is 1. The van der Waals surface area contributed by atoms with Gasteiger partial charge in [-0.2, -0.15) is 0 Å². The van der Waals surface area contributed by atoms with E-state index in [0.717, 1.165) is 6.34 Å². The summed E-state index contributed by atoms with van der Waals surface area (Å²) in [7, 11) is -3.00. The SMILES string of the molecule is COCC12CC1C(n1cnc3c(N)ncnc31)C(O)C2OP(=O)(O)OCC1CCC(NC=N)O1. The molecule has 186 valence electrons. The second kappa shape index (κ2) is 8.79. The predicted molar refractivity (Wildman–Crippen MR) is 118 cm³/mol. The number of methoxy groups -OCH3 is 1. The Balaban J connectivity index is 1.32. The van der Waals surface area contributed by atoms with Crippen LogP contribution in [0.15, 0.2) is 12.7 Å². The molecule has 3 heterocycles. The Kier molecular flexibility index (Phi) is 6.09. The second-order valence-corrected chi connectivity index (χ2v) is 10.4. The van der Waals surface area contributed by atoms with Crippen molar-refractivity contribution in [2.75, 3.05) is 26.1 Å². The highest BCUT2D eigenvalue weighted by molar-refractivity contribution is 7.47. The van der Waals surface area contributed by atoms with E-state index in [9.17, 15) is 14.6 Å². The zero-order chi connectivity index (χ0) is 24.1. The maximum absolute atomic E-state index is 12.8. The molecule has 14 nitrogen and oxygen atoms in total. The molecule has 15 heteroatoms. The lowest BCUT2D eigenvalue weighted by atomic mass is 10.0. The zero-order valence-electron chi connectivity index (χ0n) is 18.5. The molecule has 1 aliphatic heterocycles. The molecule has 2 aromatic heterocycles. The van der Waals surface area contributed by atoms with Crippen molar-refractivity contribution < 1.29 is 33.1 Å². The van der Waals surface area contributed by atoms with Gasteiger partial charge in [-0.15, -0.1) is 0 Å². The van der Waals surface area contributed by atoms with Crippen LogP contribution in [0.4, 0.5) is 5.82 Å². The van der Waals surface area contributed by atoms with Crippen molar-refractivity contribution in [3.8, 4) is 0 Å². The summed E-state index contributed by atoms with van der Waals surface area (Å²) in [4.78, 5) is 22.9. The molecular formula is C19H28N7O7P. The smallest absolute Gasteiger partial charge is 0.388 e. The topological polar surface area (TPSA) is 200 Å². The van der Waals surface area contributed by atoms with Gasteiger partial charge in [0.1, 0.15) is 30.3 Å². The Labute approximate surface area is 194 Å². The molecule has 3 aliphatic rings. The molecule has 1 saturated heterocycles. The van der Waals surface area contributed by atoms with E-state index in [1.54, 1.807) is 4.57 Å². The molecule has 0 aromatic carbocycles. The quantitative estimate of drug-likeness (QED) is 0.170. The van der Waals surface area contributed by atoms with Gasteiger partial charge >= 0.3 is 7.82 Å².